The van der Waals surface area contributed by atoms with Gasteiger partial charge < -0.3 is 16.0 Å². The largest absolute Gasteiger partial charge is 0.396 e. The van der Waals surface area contributed by atoms with E-state index in [1.807, 2.05) is 0 Å². The highest BCUT2D eigenvalue weighted by molar-refractivity contribution is 5.95. The summed E-state index contributed by atoms with van der Waals surface area (Å²) in [5.74, 6) is -0.301. The summed E-state index contributed by atoms with van der Waals surface area (Å²) in [6.45, 7) is 0.0789. The number of hydrogen-bond acceptors (Lipinski definition) is 4. The first-order chi connectivity index (χ1) is 9.95. The molecule has 0 unspecified atom stereocenters. The van der Waals surface area contributed by atoms with Crippen LogP contribution in [-0.2, 0) is 11.3 Å². The van der Waals surface area contributed by atoms with Crippen LogP contribution in [-0.4, -0.2) is 40.6 Å². The van der Waals surface area contributed by atoms with E-state index in [0.717, 1.165) is 0 Å². The highest BCUT2D eigenvalue weighted by atomic mass is 16.2. The number of rotatable bonds is 4. The van der Waals surface area contributed by atoms with Crippen LogP contribution < -0.4 is 11.1 Å². The molecule has 0 aliphatic rings. The van der Waals surface area contributed by atoms with E-state index in [1.165, 1.54) is 15.8 Å². The number of carbonyl (C=O) groups excluding carboxylic acids is 2. The average molecular weight is 287 g/mol. The molecule has 0 saturated carbocycles. The maximum absolute atomic E-state index is 11.8. The molecule has 3 N–H and O–H groups in total. The van der Waals surface area contributed by atoms with E-state index in [-0.39, 0.29) is 18.4 Å². The van der Waals surface area contributed by atoms with Crippen molar-refractivity contribution in [2.45, 2.75) is 6.54 Å². The van der Waals surface area contributed by atoms with Crippen LogP contribution in [0.15, 0.2) is 36.7 Å². The fraction of sp³-hybridized carbons (Fsp3) is 0.214. The summed E-state index contributed by atoms with van der Waals surface area (Å²) < 4.78 is 1.45. The zero-order valence-corrected chi connectivity index (χ0v) is 11.9. The van der Waals surface area contributed by atoms with Gasteiger partial charge in [0.1, 0.15) is 6.54 Å². The van der Waals surface area contributed by atoms with Crippen LogP contribution in [0.3, 0.4) is 0 Å². The Hall–Kier alpha value is -2.83. The number of nitrogens with one attached hydrogen (secondary N) is 1. The first-order valence-corrected chi connectivity index (χ1v) is 6.35. The molecule has 0 saturated heterocycles. The molecule has 0 spiro atoms. The molecule has 2 amide bonds. The Morgan fingerprint density at radius 2 is 1.95 bits per heavy atom. The van der Waals surface area contributed by atoms with Gasteiger partial charge in [-0.3, -0.25) is 14.3 Å². The van der Waals surface area contributed by atoms with Crippen molar-refractivity contribution in [2.24, 2.45) is 0 Å². The number of anilines is 2. The van der Waals surface area contributed by atoms with E-state index in [9.17, 15) is 9.59 Å². The topological polar surface area (TPSA) is 93.2 Å². The van der Waals surface area contributed by atoms with Crippen molar-refractivity contribution in [3.05, 3.63) is 42.2 Å². The standard InChI is InChI=1S/C14H17N5O2/c1-18(2)14(21)10-3-5-12(6-4-10)17-13(20)9-19-8-11(15)7-16-19/h3-8H,9,15H2,1-2H3,(H,17,20). The second kappa shape index (κ2) is 6.08. The smallest absolute Gasteiger partial charge is 0.253 e. The summed E-state index contributed by atoms with van der Waals surface area (Å²) in [6.07, 6.45) is 3.06. The normalized spacial score (nSPS) is 10.2. The lowest BCUT2D eigenvalue weighted by Crippen LogP contribution is -2.22. The highest BCUT2D eigenvalue weighted by Crippen LogP contribution is 2.11. The maximum Gasteiger partial charge on any atom is 0.253 e. The molecule has 2 rings (SSSR count). The van der Waals surface area contributed by atoms with Gasteiger partial charge in [-0.1, -0.05) is 0 Å². The van der Waals surface area contributed by atoms with Crippen LogP contribution in [0.5, 0.6) is 0 Å². The second-order valence-electron chi connectivity index (χ2n) is 4.80. The summed E-state index contributed by atoms with van der Waals surface area (Å²) in [7, 11) is 3.38. The van der Waals surface area contributed by atoms with Crippen molar-refractivity contribution in [1.82, 2.24) is 14.7 Å². The molecule has 7 heteroatoms. The van der Waals surface area contributed by atoms with Crippen LogP contribution in [0.2, 0.25) is 0 Å². The minimum atomic E-state index is -0.218. The van der Waals surface area contributed by atoms with Crippen molar-refractivity contribution in [3.8, 4) is 0 Å². The second-order valence-corrected chi connectivity index (χ2v) is 4.80. The molecular formula is C14H17N5O2. The number of hydrogen-bond donors (Lipinski definition) is 2. The zero-order valence-electron chi connectivity index (χ0n) is 11.9. The van der Waals surface area contributed by atoms with E-state index in [0.29, 0.717) is 16.9 Å². The van der Waals surface area contributed by atoms with Crippen molar-refractivity contribution in [1.29, 1.82) is 0 Å². The molecule has 0 aliphatic heterocycles. The number of benzene rings is 1. The number of amides is 2. The van der Waals surface area contributed by atoms with Gasteiger partial charge in [-0.15, -0.1) is 0 Å². The zero-order chi connectivity index (χ0) is 15.4. The van der Waals surface area contributed by atoms with Crippen LogP contribution in [0.25, 0.3) is 0 Å². The summed E-state index contributed by atoms with van der Waals surface area (Å²) in [5, 5.41) is 6.66. The maximum atomic E-state index is 11.8. The lowest BCUT2D eigenvalue weighted by atomic mass is 10.2. The third-order valence-corrected chi connectivity index (χ3v) is 2.78. The summed E-state index contributed by atoms with van der Waals surface area (Å²) in [6, 6.07) is 6.71. The average Bonchev–Trinajstić information content (AvgIpc) is 2.83. The fourth-order valence-electron chi connectivity index (χ4n) is 1.77. The minimum absolute atomic E-state index is 0.0789. The fourth-order valence-corrected chi connectivity index (χ4v) is 1.77. The van der Waals surface area contributed by atoms with Crippen LogP contribution in [0, 0.1) is 0 Å². The van der Waals surface area contributed by atoms with Crippen molar-refractivity contribution in [2.75, 3.05) is 25.1 Å². The molecule has 1 heterocycles. The molecule has 0 bridgehead atoms. The van der Waals surface area contributed by atoms with Gasteiger partial charge in [-0.25, -0.2) is 0 Å². The number of nitrogens with zero attached hydrogens (tertiary/aromatic N) is 3. The number of nitrogens with two attached hydrogens (primary N) is 1. The molecule has 21 heavy (non-hydrogen) atoms. The van der Waals surface area contributed by atoms with Gasteiger partial charge in [0.2, 0.25) is 5.91 Å². The van der Waals surface area contributed by atoms with Gasteiger partial charge in [-0.2, -0.15) is 5.10 Å². The number of carbonyl (C=O) groups is 2. The van der Waals surface area contributed by atoms with Crippen molar-refractivity contribution < 1.29 is 9.59 Å². The van der Waals surface area contributed by atoms with Gasteiger partial charge in [-0.05, 0) is 24.3 Å². The summed E-state index contributed by atoms with van der Waals surface area (Å²) in [5.41, 5.74) is 7.22. The monoisotopic (exact) mass is 287 g/mol. The van der Waals surface area contributed by atoms with E-state index in [2.05, 4.69) is 10.4 Å². The van der Waals surface area contributed by atoms with Gasteiger partial charge in [0.05, 0.1) is 11.9 Å². The van der Waals surface area contributed by atoms with Crippen LogP contribution in [0.4, 0.5) is 11.4 Å². The van der Waals surface area contributed by atoms with Gasteiger partial charge in [0.15, 0.2) is 0 Å². The van der Waals surface area contributed by atoms with E-state index in [1.54, 1.807) is 44.6 Å². The Morgan fingerprint density at radius 3 is 2.48 bits per heavy atom. The van der Waals surface area contributed by atoms with Crippen molar-refractivity contribution in [3.63, 3.8) is 0 Å². The quantitative estimate of drug-likeness (QED) is 0.870. The van der Waals surface area contributed by atoms with E-state index >= 15 is 0 Å². The van der Waals surface area contributed by atoms with Gasteiger partial charge in [0.25, 0.3) is 5.91 Å². The molecule has 1 aromatic heterocycles. The van der Waals surface area contributed by atoms with Gasteiger partial charge in [0, 0.05) is 31.5 Å². The molecule has 7 nitrogen and oxygen atoms in total. The van der Waals surface area contributed by atoms with Gasteiger partial charge >= 0.3 is 0 Å². The van der Waals surface area contributed by atoms with Crippen LogP contribution in [0.1, 0.15) is 10.4 Å². The molecule has 0 fully saturated rings. The third-order valence-electron chi connectivity index (χ3n) is 2.78. The predicted molar refractivity (Wildman–Crippen MR) is 79.7 cm³/mol. The Kier molecular flexibility index (Phi) is 4.22. The lowest BCUT2D eigenvalue weighted by molar-refractivity contribution is -0.116. The Balaban J connectivity index is 1.97. The number of aromatic nitrogens is 2. The Labute approximate surface area is 122 Å². The number of nitrogen functional groups attached to an aromatic ring is 1. The summed E-state index contributed by atoms with van der Waals surface area (Å²) >= 11 is 0. The first-order valence-electron chi connectivity index (χ1n) is 6.35. The molecular weight excluding hydrogens is 270 g/mol. The van der Waals surface area contributed by atoms with E-state index in [4.69, 9.17) is 5.73 Å². The molecule has 0 radical (unpaired) electrons. The van der Waals surface area contributed by atoms with E-state index < -0.39 is 0 Å². The first kappa shape index (κ1) is 14.6. The van der Waals surface area contributed by atoms with Crippen molar-refractivity contribution >= 4 is 23.2 Å². The Bertz CT molecular complexity index is 646. The lowest BCUT2D eigenvalue weighted by Gasteiger charge is -2.11. The molecule has 2 aromatic rings. The third kappa shape index (κ3) is 3.82. The van der Waals surface area contributed by atoms with Crippen LogP contribution >= 0.6 is 0 Å². The minimum Gasteiger partial charge on any atom is -0.396 e. The predicted octanol–water partition coefficient (Wildman–Crippen LogP) is 0.806. The summed E-state index contributed by atoms with van der Waals surface area (Å²) in [4.78, 5) is 25.1. The molecule has 1 aromatic carbocycles. The molecule has 110 valence electrons. The molecule has 0 atom stereocenters. The molecule has 0 aliphatic carbocycles. The highest BCUT2D eigenvalue weighted by Gasteiger charge is 2.08. The Morgan fingerprint density at radius 1 is 1.29 bits per heavy atom. The SMILES string of the molecule is CN(C)C(=O)c1ccc(NC(=O)Cn2cc(N)cn2)cc1.